The number of anilines is 1. The number of amides is 1. The Labute approximate surface area is 183 Å². The summed E-state index contributed by atoms with van der Waals surface area (Å²) < 4.78 is 0. The maximum atomic E-state index is 13.2. The molecule has 0 aliphatic heterocycles. The van der Waals surface area contributed by atoms with Gasteiger partial charge in [-0.2, -0.15) is 0 Å². The summed E-state index contributed by atoms with van der Waals surface area (Å²) in [7, 11) is 0. The average Bonchev–Trinajstić information content (AvgIpc) is 2.74. The second kappa shape index (κ2) is 9.98. The fraction of sp³-hybridized carbons (Fsp3) is 0.360. The van der Waals surface area contributed by atoms with Crippen molar-refractivity contribution in [3.05, 3.63) is 72.4 Å². The molecule has 1 fully saturated rings. The van der Waals surface area contributed by atoms with Gasteiger partial charge in [-0.15, -0.1) is 0 Å². The lowest BCUT2D eigenvalue weighted by Gasteiger charge is -2.32. The first-order chi connectivity index (χ1) is 14.4. The smallest absolute Gasteiger partial charge is 0.230 e. The lowest BCUT2D eigenvalue weighted by atomic mass is 9.75. The van der Waals surface area contributed by atoms with Crippen molar-refractivity contribution in [2.24, 2.45) is 5.41 Å². The number of benzene rings is 2. The maximum absolute atomic E-state index is 13.2. The van der Waals surface area contributed by atoms with Crippen LogP contribution in [0.1, 0.15) is 57.6 Å². The third kappa shape index (κ3) is 5.54. The van der Waals surface area contributed by atoms with Crippen molar-refractivity contribution < 1.29 is 9.59 Å². The number of carbonyl (C=O) groups excluding carboxylic acids is 2. The molecule has 2 aromatic rings. The Morgan fingerprint density at radius 3 is 2.30 bits per heavy atom. The number of carbonyl (C=O) groups is 2. The Morgan fingerprint density at radius 1 is 1.00 bits per heavy atom. The highest BCUT2D eigenvalue weighted by Crippen LogP contribution is 2.38. The first-order valence-electron chi connectivity index (χ1n) is 10.5. The van der Waals surface area contributed by atoms with Gasteiger partial charge in [-0.25, -0.2) is 0 Å². The molecule has 0 spiro atoms. The molecule has 1 aliphatic carbocycles. The van der Waals surface area contributed by atoms with E-state index in [2.05, 4.69) is 17.2 Å². The van der Waals surface area contributed by atoms with Crippen LogP contribution in [0.15, 0.2) is 71.8 Å². The van der Waals surface area contributed by atoms with E-state index >= 15 is 0 Å². The van der Waals surface area contributed by atoms with E-state index in [1.54, 1.807) is 0 Å². The fourth-order valence-corrected chi connectivity index (χ4v) is 4.73. The van der Waals surface area contributed by atoms with Crippen molar-refractivity contribution in [2.45, 2.75) is 56.9 Å². The number of thioether (sulfide) groups is 1. The van der Waals surface area contributed by atoms with Crippen LogP contribution in [0.5, 0.6) is 0 Å². The van der Waals surface area contributed by atoms with Crippen LogP contribution in [0.25, 0.3) is 0 Å². The van der Waals surface area contributed by atoms with E-state index in [1.807, 2.05) is 68.4 Å². The van der Waals surface area contributed by atoms with Crippen molar-refractivity contribution in [1.29, 1.82) is 0 Å². The molecule has 1 aliphatic rings. The predicted molar refractivity (Wildman–Crippen MR) is 124 cm³/mol. The molecule has 0 unspecified atom stereocenters. The van der Waals surface area contributed by atoms with Gasteiger partial charge in [-0.3, -0.25) is 9.59 Å². The van der Waals surface area contributed by atoms with Crippen LogP contribution in [0, 0.1) is 5.41 Å². The molecular formula is C25H30N2O2S. The first-order valence-corrected chi connectivity index (χ1v) is 11.3. The lowest BCUT2D eigenvalue weighted by Crippen LogP contribution is -2.35. The Hall–Kier alpha value is -2.53. The maximum Gasteiger partial charge on any atom is 0.230 e. The van der Waals surface area contributed by atoms with Gasteiger partial charge in [-0.1, -0.05) is 75.2 Å². The van der Waals surface area contributed by atoms with Crippen LogP contribution in [0.4, 0.5) is 5.69 Å². The molecule has 0 radical (unpaired) electrons. The van der Waals surface area contributed by atoms with Gasteiger partial charge in [0.15, 0.2) is 0 Å². The summed E-state index contributed by atoms with van der Waals surface area (Å²) in [5.74, 6) is 0.0439. The first kappa shape index (κ1) is 22.2. The number of nitrogens with one attached hydrogen (secondary N) is 2. The SMILES string of the molecule is C=C(C)N[C@H](C(=O)Sc1ccccc1NC(=O)C1(C)CCCCC1)c1ccccc1. The van der Waals surface area contributed by atoms with Crippen LogP contribution in [0.2, 0.25) is 0 Å². The molecule has 30 heavy (non-hydrogen) atoms. The van der Waals surface area contributed by atoms with E-state index in [4.69, 9.17) is 0 Å². The number of hydrogen-bond donors (Lipinski definition) is 2. The van der Waals surface area contributed by atoms with Gasteiger partial charge in [0.05, 0.1) is 5.69 Å². The average molecular weight is 423 g/mol. The number of hydrogen-bond acceptors (Lipinski definition) is 4. The summed E-state index contributed by atoms with van der Waals surface area (Å²) in [5, 5.41) is 6.23. The van der Waals surface area contributed by atoms with E-state index in [0.29, 0.717) is 5.69 Å². The summed E-state index contributed by atoms with van der Waals surface area (Å²) in [4.78, 5) is 26.9. The zero-order valence-electron chi connectivity index (χ0n) is 17.7. The van der Waals surface area contributed by atoms with Gasteiger partial charge >= 0.3 is 0 Å². The summed E-state index contributed by atoms with van der Waals surface area (Å²) in [6.45, 7) is 7.78. The van der Waals surface area contributed by atoms with Gasteiger partial charge < -0.3 is 10.6 Å². The molecule has 5 heteroatoms. The van der Waals surface area contributed by atoms with E-state index in [9.17, 15) is 9.59 Å². The summed E-state index contributed by atoms with van der Waals surface area (Å²) in [6.07, 6.45) is 5.19. The molecule has 1 saturated carbocycles. The number of para-hydroxylation sites is 1. The predicted octanol–water partition coefficient (Wildman–Crippen LogP) is 6.08. The number of allylic oxidation sites excluding steroid dienone is 1. The largest absolute Gasteiger partial charge is 0.375 e. The van der Waals surface area contributed by atoms with Crippen molar-refractivity contribution in [3.63, 3.8) is 0 Å². The molecule has 158 valence electrons. The summed E-state index contributed by atoms with van der Waals surface area (Å²) >= 11 is 1.15. The lowest BCUT2D eigenvalue weighted by molar-refractivity contribution is -0.126. The molecule has 3 rings (SSSR count). The highest BCUT2D eigenvalue weighted by molar-refractivity contribution is 8.13. The Morgan fingerprint density at radius 2 is 1.63 bits per heavy atom. The Bertz CT molecular complexity index is 904. The molecule has 2 N–H and O–H groups in total. The third-order valence-electron chi connectivity index (χ3n) is 5.61. The molecule has 1 amide bonds. The minimum atomic E-state index is -0.506. The van der Waals surface area contributed by atoms with E-state index in [-0.39, 0.29) is 16.4 Å². The third-order valence-corrected chi connectivity index (χ3v) is 6.62. The van der Waals surface area contributed by atoms with Crippen molar-refractivity contribution in [1.82, 2.24) is 5.32 Å². The monoisotopic (exact) mass is 422 g/mol. The molecule has 0 heterocycles. The van der Waals surface area contributed by atoms with Gasteiger partial charge in [0.2, 0.25) is 11.0 Å². The molecule has 0 saturated heterocycles. The highest BCUT2D eigenvalue weighted by atomic mass is 32.2. The fourth-order valence-electron chi connectivity index (χ4n) is 3.83. The second-order valence-electron chi connectivity index (χ2n) is 8.26. The Balaban J connectivity index is 1.78. The molecule has 0 bridgehead atoms. The summed E-state index contributed by atoms with van der Waals surface area (Å²) in [5.41, 5.74) is 1.96. The normalized spacial score (nSPS) is 16.3. The van der Waals surface area contributed by atoms with Crippen LogP contribution < -0.4 is 10.6 Å². The molecular weight excluding hydrogens is 392 g/mol. The van der Waals surface area contributed by atoms with Crippen LogP contribution in [-0.4, -0.2) is 11.0 Å². The quantitative estimate of drug-likeness (QED) is 0.531. The van der Waals surface area contributed by atoms with Crippen LogP contribution in [-0.2, 0) is 9.59 Å². The highest BCUT2D eigenvalue weighted by Gasteiger charge is 2.35. The summed E-state index contributed by atoms with van der Waals surface area (Å²) in [6, 6.07) is 16.6. The molecule has 1 atom stereocenters. The minimum absolute atomic E-state index is 0.0439. The second-order valence-corrected chi connectivity index (χ2v) is 9.31. The molecule has 0 aromatic heterocycles. The zero-order chi connectivity index (χ0) is 21.6. The molecule has 4 nitrogen and oxygen atoms in total. The van der Waals surface area contributed by atoms with Gasteiger partial charge in [0.1, 0.15) is 6.04 Å². The van der Waals surface area contributed by atoms with Crippen molar-refractivity contribution in [2.75, 3.05) is 5.32 Å². The number of rotatable bonds is 7. The van der Waals surface area contributed by atoms with E-state index in [0.717, 1.165) is 53.6 Å². The zero-order valence-corrected chi connectivity index (χ0v) is 18.6. The minimum Gasteiger partial charge on any atom is -0.375 e. The van der Waals surface area contributed by atoms with Gasteiger partial charge in [0, 0.05) is 16.0 Å². The standard InChI is InChI=1S/C25H30N2O2S/c1-18(2)26-22(19-12-6-4-7-13-19)23(28)30-21-15-9-8-14-20(21)27-24(29)25(3)16-10-5-11-17-25/h4,6-9,12-15,22,26H,1,5,10-11,16-17H2,2-3H3,(H,27,29)/t22-/m0/s1. The van der Waals surface area contributed by atoms with Gasteiger partial charge in [-0.05, 0) is 49.2 Å². The van der Waals surface area contributed by atoms with E-state index in [1.165, 1.54) is 6.42 Å². The topological polar surface area (TPSA) is 58.2 Å². The van der Waals surface area contributed by atoms with Gasteiger partial charge in [0.25, 0.3) is 0 Å². The Kier molecular flexibility index (Phi) is 7.38. The van der Waals surface area contributed by atoms with Crippen molar-refractivity contribution >= 4 is 28.5 Å². The van der Waals surface area contributed by atoms with Crippen LogP contribution in [0.3, 0.4) is 0 Å². The molecule has 2 aromatic carbocycles. The van der Waals surface area contributed by atoms with Crippen LogP contribution >= 0.6 is 11.8 Å². The van der Waals surface area contributed by atoms with Crippen molar-refractivity contribution in [3.8, 4) is 0 Å². The van der Waals surface area contributed by atoms with E-state index < -0.39 is 6.04 Å².